The Bertz CT molecular complexity index is 332. The third kappa shape index (κ3) is 2.87. The Hall–Kier alpha value is -1.36. The Kier molecular flexibility index (Phi) is 3.02. The zero-order valence-corrected chi connectivity index (χ0v) is 7.08. The van der Waals surface area contributed by atoms with Crippen LogP contribution in [0.3, 0.4) is 0 Å². The van der Waals surface area contributed by atoms with Crippen LogP contribution in [0.5, 0.6) is 5.75 Å². The highest BCUT2D eigenvalue weighted by Crippen LogP contribution is 2.16. The monoisotopic (exact) mass is 205 g/mol. The first kappa shape index (κ1) is 9.73. The number of carboxylic acids is 1. The molecule has 1 aromatic heterocycles. The summed E-state index contributed by atoms with van der Waals surface area (Å²) in [4.78, 5) is 13.5. The van der Waals surface area contributed by atoms with Gasteiger partial charge in [-0.05, 0) is 0 Å². The van der Waals surface area contributed by atoms with Crippen molar-refractivity contribution in [1.82, 2.24) is 4.98 Å². The highest BCUT2D eigenvalue weighted by atomic mass is 35.5. The molecule has 1 aromatic rings. The van der Waals surface area contributed by atoms with Crippen LogP contribution >= 0.6 is 11.6 Å². The number of aliphatic carboxylic acids is 1. The van der Waals surface area contributed by atoms with Crippen LogP contribution in [0.25, 0.3) is 0 Å². The molecular weight excluding hydrogens is 201 g/mol. The maximum Gasteiger partial charge on any atom is 0.341 e. The van der Waals surface area contributed by atoms with Gasteiger partial charge in [0.15, 0.2) is 17.6 Å². The van der Waals surface area contributed by atoms with E-state index in [1.54, 1.807) is 0 Å². The van der Waals surface area contributed by atoms with Crippen molar-refractivity contribution in [3.8, 4) is 5.75 Å². The van der Waals surface area contributed by atoms with E-state index in [9.17, 15) is 9.18 Å². The molecule has 1 heterocycles. The van der Waals surface area contributed by atoms with Gasteiger partial charge in [0, 0.05) is 6.07 Å². The number of carboxylic acid groups (broad SMARTS) is 1. The number of aromatic nitrogens is 1. The summed E-state index contributed by atoms with van der Waals surface area (Å²) in [5.74, 6) is -1.86. The SMILES string of the molecule is O=C(O)COc1cnc(Cl)c(F)c1. The van der Waals surface area contributed by atoms with Crippen molar-refractivity contribution in [2.24, 2.45) is 0 Å². The molecule has 0 unspecified atom stereocenters. The molecule has 0 aliphatic rings. The Balaban J connectivity index is 2.68. The fourth-order valence-corrected chi connectivity index (χ4v) is 0.731. The van der Waals surface area contributed by atoms with E-state index in [2.05, 4.69) is 9.72 Å². The van der Waals surface area contributed by atoms with Gasteiger partial charge in [0.1, 0.15) is 5.75 Å². The van der Waals surface area contributed by atoms with E-state index >= 15 is 0 Å². The average Bonchev–Trinajstić information content (AvgIpc) is 2.07. The van der Waals surface area contributed by atoms with E-state index in [1.807, 2.05) is 0 Å². The highest BCUT2D eigenvalue weighted by molar-refractivity contribution is 6.29. The van der Waals surface area contributed by atoms with Crippen LogP contribution in [-0.4, -0.2) is 22.7 Å². The molecule has 0 aromatic carbocycles. The van der Waals surface area contributed by atoms with Crippen LogP contribution < -0.4 is 4.74 Å². The topological polar surface area (TPSA) is 59.4 Å². The van der Waals surface area contributed by atoms with Gasteiger partial charge in [0.2, 0.25) is 0 Å². The maximum atomic E-state index is 12.7. The molecule has 0 spiro atoms. The van der Waals surface area contributed by atoms with Crippen molar-refractivity contribution >= 4 is 17.6 Å². The third-order valence-corrected chi connectivity index (χ3v) is 1.41. The Morgan fingerprint density at radius 1 is 1.77 bits per heavy atom. The van der Waals surface area contributed by atoms with Gasteiger partial charge in [0.25, 0.3) is 0 Å². The largest absolute Gasteiger partial charge is 0.480 e. The van der Waals surface area contributed by atoms with Crippen LogP contribution in [0.4, 0.5) is 4.39 Å². The molecule has 0 aliphatic carbocycles. The second-order valence-electron chi connectivity index (χ2n) is 2.13. The van der Waals surface area contributed by atoms with Gasteiger partial charge in [0.05, 0.1) is 6.20 Å². The van der Waals surface area contributed by atoms with Crippen molar-refractivity contribution in [2.45, 2.75) is 0 Å². The molecule has 1 rings (SSSR count). The summed E-state index contributed by atoms with van der Waals surface area (Å²) in [6, 6.07) is 0.971. The number of hydrogen-bond donors (Lipinski definition) is 1. The molecule has 0 bridgehead atoms. The lowest BCUT2D eigenvalue weighted by Crippen LogP contribution is -2.09. The number of pyridine rings is 1. The van der Waals surface area contributed by atoms with Crippen molar-refractivity contribution in [2.75, 3.05) is 6.61 Å². The molecule has 0 radical (unpaired) electrons. The molecule has 0 aliphatic heterocycles. The minimum atomic E-state index is -1.14. The first-order valence-electron chi connectivity index (χ1n) is 3.25. The number of carbonyl (C=O) groups is 1. The highest BCUT2D eigenvalue weighted by Gasteiger charge is 2.04. The second kappa shape index (κ2) is 4.04. The summed E-state index contributed by atoms with van der Waals surface area (Å²) < 4.78 is 17.3. The number of nitrogens with zero attached hydrogens (tertiary/aromatic N) is 1. The van der Waals surface area contributed by atoms with Gasteiger partial charge < -0.3 is 9.84 Å². The molecule has 0 amide bonds. The van der Waals surface area contributed by atoms with Gasteiger partial charge in [-0.2, -0.15) is 0 Å². The van der Waals surface area contributed by atoms with E-state index in [4.69, 9.17) is 16.7 Å². The molecular formula is C7H5ClFNO3. The van der Waals surface area contributed by atoms with Crippen LogP contribution in [0.1, 0.15) is 0 Å². The lowest BCUT2D eigenvalue weighted by atomic mass is 10.4. The van der Waals surface area contributed by atoms with Crippen molar-refractivity contribution in [3.05, 3.63) is 23.2 Å². The number of hydrogen-bond acceptors (Lipinski definition) is 3. The molecule has 70 valence electrons. The van der Waals surface area contributed by atoms with Gasteiger partial charge >= 0.3 is 5.97 Å². The van der Waals surface area contributed by atoms with E-state index in [0.29, 0.717) is 0 Å². The summed E-state index contributed by atoms with van der Waals surface area (Å²) >= 11 is 5.29. The molecule has 4 nitrogen and oxygen atoms in total. The first-order chi connectivity index (χ1) is 6.09. The fraction of sp³-hybridized carbons (Fsp3) is 0.143. The summed E-state index contributed by atoms with van der Waals surface area (Å²) in [5.41, 5.74) is 0. The van der Waals surface area contributed by atoms with Crippen LogP contribution in [0.2, 0.25) is 5.15 Å². The van der Waals surface area contributed by atoms with Gasteiger partial charge in [-0.3, -0.25) is 0 Å². The van der Waals surface area contributed by atoms with Gasteiger partial charge in [-0.25, -0.2) is 14.2 Å². The lowest BCUT2D eigenvalue weighted by Gasteiger charge is -2.02. The first-order valence-corrected chi connectivity index (χ1v) is 3.63. The second-order valence-corrected chi connectivity index (χ2v) is 2.48. The van der Waals surface area contributed by atoms with Crippen molar-refractivity contribution in [1.29, 1.82) is 0 Å². The minimum absolute atomic E-state index is 0.0318. The van der Waals surface area contributed by atoms with E-state index in [1.165, 1.54) is 0 Å². The summed E-state index contributed by atoms with van der Waals surface area (Å²) in [6.07, 6.45) is 1.15. The van der Waals surface area contributed by atoms with Crippen molar-refractivity contribution < 1.29 is 19.0 Å². The Morgan fingerprint density at radius 2 is 2.46 bits per heavy atom. The van der Waals surface area contributed by atoms with E-state index in [0.717, 1.165) is 12.3 Å². The molecule has 0 fully saturated rings. The smallest absolute Gasteiger partial charge is 0.341 e. The van der Waals surface area contributed by atoms with Gasteiger partial charge in [-0.15, -0.1) is 0 Å². The molecule has 0 atom stereocenters. The zero-order valence-electron chi connectivity index (χ0n) is 6.33. The van der Waals surface area contributed by atoms with Crippen molar-refractivity contribution in [3.63, 3.8) is 0 Å². The maximum absolute atomic E-state index is 12.7. The molecule has 6 heteroatoms. The minimum Gasteiger partial charge on any atom is -0.480 e. The van der Waals surface area contributed by atoms with Crippen LogP contribution in [-0.2, 0) is 4.79 Å². The standard InChI is InChI=1S/C7H5ClFNO3/c8-7-5(9)1-4(2-10-7)13-3-6(11)12/h1-2H,3H2,(H,11,12). The number of halogens is 2. The molecule has 13 heavy (non-hydrogen) atoms. The summed E-state index contributed by atoms with van der Waals surface area (Å²) in [7, 11) is 0. The quantitative estimate of drug-likeness (QED) is 0.757. The average molecular weight is 206 g/mol. The normalized spacial score (nSPS) is 9.69. The fourth-order valence-electron chi connectivity index (χ4n) is 0.628. The van der Waals surface area contributed by atoms with Crippen LogP contribution in [0, 0.1) is 5.82 Å². The third-order valence-electron chi connectivity index (χ3n) is 1.13. The molecule has 1 N–H and O–H groups in total. The summed E-state index contributed by atoms with van der Waals surface area (Å²) in [6.45, 7) is -0.539. The number of ether oxygens (including phenoxy) is 1. The van der Waals surface area contributed by atoms with Crippen LogP contribution in [0.15, 0.2) is 12.3 Å². The Labute approximate surface area is 77.9 Å². The Morgan fingerprint density at radius 3 is 3.00 bits per heavy atom. The van der Waals surface area contributed by atoms with E-state index < -0.39 is 18.4 Å². The van der Waals surface area contributed by atoms with Gasteiger partial charge in [-0.1, -0.05) is 11.6 Å². The molecule has 0 saturated carbocycles. The molecule has 0 saturated heterocycles. The van der Waals surface area contributed by atoms with E-state index in [-0.39, 0.29) is 10.9 Å². The zero-order chi connectivity index (χ0) is 9.84. The lowest BCUT2D eigenvalue weighted by molar-refractivity contribution is -0.139. The number of rotatable bonds is 3. The summed E-state index contributed by atoms with van der Waals surface area (Å²) in [5, 5.41) is 7.96. The predicted octanol–water partition coefficient (Wildman–Crippen LogP) is 1.34. The predicted molar refractivity (Wildman–Crippen MR) is 42.3 cm³/mol.